The number of benzene rings is 2. The molecule has 108 valence electrons. The number of rotatable bonds is 3. The van der Waals surface area contributed by atoms with Gasteiger partial charge in [-0.1, -0.05) is 6.07 Å². The number of aromatic nitrogens is 2. The maximum atomic E-state index is 11.3. The van der Waals surface area contributed by atoms with Crippen LogP contribution >= 0.6 is 15.9 Å². The number of phenols is 2. The van der Waals surface area contributed by atoms with Gasteiger partial charge in [0.05, 0.1) is 16.7 Å². The molecule has 0 aliphatic rings. The van der Waals surface area contributed by atoms with Crippen LogP contribution in [0.25, 0.3) is 11.0 Å². The molecule has 5 N–H and O–H groups in total. The normalized spacial score (nSPS) is 10.9. The van der Waals surface area contributed by atoms with Crippen LogP contribution in [0.3, 0.4) is 0 Å². The zero-order valence-electron chi connectivity index (χ0n) is 10.8. The van der Waals surface area contributed by atoms with E-state index in [4.69, 9.17) is 0 Å². The van der Waals surface area contributed by atoms with Gasteiger partial charge in [-0.15, -0.1) is 0 Å². The molecule has 3 rings (SSSR count). The van der Waals surface area contributed by atoms with Crippen LogP contribution in [0.5, 0.6) is 11.5 Å². The maximum Gasteiger partial charge on any atom is 0.323 e. The zero-order valence-corrected chi connectivity index (χ0v) is 12.4. The van der Waals surface area contributed by atoms with E-state index < -0.39 is 0 Å². The minimum atomic E-state index is -0.252. The molecule has 1 aromatic heterocycles. The molecule has 0 radical (unpaired) electrons. The average Bonchev–Trinajstić information content (AvgIpc) is 2.79. The minimum Gasteiger partial charge on any atom is -0.504 e. The Labute approximate surface area is 127 Å². The Bertz CT molecular complexity index is 870. The molecular formula is C14H12BrN3O3. The summed E-state index contributed by atoms with van der Waals surface area (Å²) in [7, 11) is 0. The van der Waals surface area contributed by atoms with Gasteiger partial charge < -0.3 is 25.5 Å². The Hall–Kier alpha value is -2.41. The van der Waals surface area contributed by atoms with Crippen LogP contribution in [-0.4, -0.2) is 20.2 Å². The highest BCUT2D eigenvalue weighted by molar-refractivity contribution is 9.10. The molecule has 0 aliphatic heterocycles. The Morgan fingerprint density at radius 2 is 1.76 bits per heavy atom. The highest BCUT2D eigenvalue weighted by Crippen LogP contribution is 2.28. The van der Waals surface area contributed by atoms with Crippen molar-refractivity contribution in [3.8, 4) is 11.5 Å². The number of imidazole rings is 1. The van der Waals surface area contributed by atoms with Gasteiger partial charge in [0, 0.05) is 11.0 Å². The number of aromatic hydroxyl groups is 2. The fourth-order valence-electron chi connectivity index (χ4n) is 2.07. The van der Waals surface area contributed by atoms with Gasteiger partial charge in [-0.3, -0.25) is 0 Å². The second kappa shape index (κ2) is 5.17. The Morgan fingerprint density at radius 1 is 1.05 bits per heavy atom. The minimum absolute atomic E-state index is 0.147. The summed E-state index contributed by atoms with van der Waals surface area (Å²) in [5.74, 6) is -0.301. The highest BCUT2D eigenvalue weighted by Gasteiger charge is 2.06. The number of fused-ring (bicyclic) bond motifs is 1. The zero-order chi connectivity index (χ0) is 15.0. The van der Waals surface area contributed by atoms with Crippen molar-refractivity contribution in [1.29, 1.82) is 0 Å². The Balaban J connectivity index is 1.85. The maximum absolute atomic E-state index is 11.3. The van der Waals surface area contributed by atoms with E-state index in [1.807, 2.05) is 12.1 Å². The van der Waals surface area contributed by atoms with Gasteiger partial charge in [-0.2, -0.15) is 0 Å². The van der Waals surface area contributed by atoms with E-state index in [0.29, 0.717) is 12.1 Å². The van der Waals surface area contributed by atoms with Crippen LogP contribution in [0.4, 0.5) is 5.69 Å². The fraction of sp³-hybridized carbons (Fsp3) is 0.0714. The molecule has 0 aliphatic carbocycles. The highest BCUT2D eigenvalue weighted by atomic mass is 79.9. The van der Waals surface area contributed by atoms with E-state index in [1.165, 1.54) is 12.1 Å². The third kappa shape index (κ3) is 2.73. The lowest BCUT2D eigenvalue weighted by Gasteiger charge is -2.09. The van der Waals surface area contributed by atoms with Crippen molar-refractivity contribution in [3.63, 3.8) is 0 Å². The summed E-state index contributed by atoms with van der Waals surface area (Å²) in [6.07, 6.45) is 0. The molecule has 2 aromatic carbocycles. The molecule has 0 unspecified atom stereocenters. The first-order valence-corrected chi connectivity index (χ1v) is 6.98. The summed E-state index contributed by atoms with van der Waals surface area (Å²) in [4.78, 5) is 16.6. The van der Waals surface area contributed by atoms with Gasteiger partial charge in [0.1, 0.15) is 0 Å². The summed E-state index contributed by atoms with van der Waals surface area (Å²) >= 11 is 3.44. The second-order valence-corrected chi connectivity index (χ2v) is 5.49. The van der Waals surface area contributed by atoms with E-state index in [9.17, 15) is 15.0 Å². The van der Waals surface area contributed by atoms with Gasteiger partial charge in [0.2, 0.25) is 0 Å². The Kier molecular flexibility index (Phi) is 3.34. The molecular weight excluding hydrogens is 338 g/mol. The van der Waals surface area contributed by atoms with E-state index in [2.05, 4.69) is 31.2 Å². The predicted molar refractivity (Wildman–Crippen MR) is 83.7 cm³/mol. The first-order valence-electron chi connectivity index (χ1n) is 6.19. The number of H-pyrrole nitrogens is 2. The quantitative estimate of drug-likeness (QED) is 0.469. The van der Waals surface area contributed by atoms with Crippen LogP contribution < -0.4 is 11.0 Å². The monoisotopic (exact) mass is 349 g/mol. The van der Waals surface area contributed by atoms with E-state index in [1.54, 1.807) is 6.07 Å². The molecule has 0 fully saturated rings. The predicted octanol–water partition coefficient (Wildman–Crippen LogP) is 2.64. The molecule has 0 amide bonds. The van der Waals surface area contributed by atoms with E-state index >= 15 is 0 Å². The second-order valence-electron chi connectivity index (χ2n) is 4.63. The molecule has 3 aromatic rings. The molecule has 0 bridgehead atoms. The number of halogens is 1. The third-order valence-corrected chi connectivity index (χ3v) is 3.78. The lowest BCUT2D eigenvalue weighted by atomic mass is 10.2. The smallest absolute Gasteiger partial charge is 0.323 e. The van der Waals surface area contributed by atoms with Crippen molar-refractivity contribution >= 4 is 32.7 Å². The number of nitrogens with one attached hydrogen (secondary N) is 3. The van der Waals surface area contributed by atoms with Crippen molar-refractivity contribution in [2.24, 2.45) is 0 Å². The number of aromatic amines is 2. The van der Waals surface area contributed by atoms with Crippen molar-refractivity contribution < 1.29 is 10.2 Å². The number of hydrogen-bond acceptors (Lipinski definition) is 4. The van der Waals surface area contributed by atoms with Crippen LogP contribution in [0.15, 0.2) is 39.6 Å². The summed E-state index contributed by atoms with van der Waals surface area (Å²) < 4.78 is 0.813. The first kappa shape index (κ1) is 13.6. The SMILES string of the molecule is O=c1[nH]c2cc(Br)c(NCc3ccc(O)c(O)c3)cc2[nH]1. The molecule has 0 atom stereocenters. The third-order valence-electron chi connectivity index (χ3n) is 3.13. The van der Waals surface area contributed by atoms with Crippen LogP contribution in [0.2, 0.25) is 0 Å². The number of hydrogen-bond donors (Lipinski definition) is 5. The van der Waals surface area contributed by atoms with Crippen molar-refractivity contribution in [1.82, 2.24) is 9.97 Å². The van der Waals surface area contributed by atoms with E-state index in [-0.39, 0.29) is 17.2 Å². The summed E-state index contributed by atoms with van der Waals surface area (Å²) in [5, 5.41) is 21.9. The first-order chi connectivity index (χ1) is 10.0. The van der Waals surface area contributed by atoms with Crippen molar-refractivity contribution in [3.05, 3.63) is 50.9 Å². The largest absolute Gasteiger partial charge is 0.504 e. The molecule has 7 heteroatoms. The summed E-state index contributed by atoms with van der Waals surface area (Å²) in [6.45, 7) is 0.465. The summed E-state index contributed by atoms with van der Waals surface area (Å²) in [5.41, 5.74) is 2.81. The van der Waals surface area contributed by atoms with Crippen molar-refractivity contribution in [2.75, 3.05) is 5.32 Å². The van der Waals surface area contributed by atoms with Crippen molar-refractivity contribution in [2.45, 2.75) is 6.54 Å². The average molecular weight is 350 g/mol. The summed E-state index contributed by atoms with van der Waals surface area (Å²) in [6, 6.07) is 8.27. The molecule has 1 heterocycles. The lowest BCUT2D eigenvalue weighted by molar-refractivity contribution is 0.403. The van der Waals surface area contributed by atoms with Gasteiger partial charge in [-0.25, -0.2) is 4.79 Å². The molecule has 0 spiro atoms. The van der Waals surface area contributed by atoms with Gasteiger partial charge in [-0.05, 0) is 45.8 Å². The molecule has 0 saturated carbocycles. The van der Waals surface area contributed by atoms with Crippen LogP contribution in [0.1, 0.15) is 5.56 Å². The lowest BCUT2D eigenvalue weighted by Crippen LogP contribution is -2.00. The van der Waals surface area contributed by atoms with E-state index in [0.717, 1.165) is 21.2 Å². The molecule has 6 nitrogen and oxygen atoms in total. The van der Waals surface area contributed by atoms with Gasteiger partial charge in [0.15, 0.2) is 11.5 Å². The standard InChI is InChI=1S/C14H12BrN3O3/c15-8-4-10-11(18-14(21)17-10)5-9(8)16-6-7-1-2-12(19)13(20)3-7/h1-5,16,19-20H,6H2,(H2,17,18,21). The van der Waals surface area contributed by atoms with Crippen LogP contribution in [-0.2, 0) is 6.54 Å². The van der Waals surface area contributed by atoms with Gasteiger partial charge >= 0.3 is 5.69 Å². The fourth-order valence-corrected chi connectivity index (χ4v) is 2.55. The van der Waals surface area contributed by atoms with Gasteiger partial charge in [0.25, 0.3) is 0 Å². The molecule has 21 heavy (non-hydrogen) atoms. The molecule has 0 saturated heterocycles. The number of anilines is 1. The topological polar surface area (TPSA) is 101 Å². The van der Waals surface area contributed by atoms with Crippen LogP contribution in [0, 0.1) is 0 Å². The Morgan fingerprint density at radius 3 is 2.48 bits per heavy atom. The number of phenolic OH excluding ortho intramolecular Hbond substituents is 2.